The third kappa shape index (κ3) is 6.55. The van der Waals surface area contributed by atoms with Crippen molar-refractivity contribution in [2.24, 2.45) is 0 Å². The number of carbonyl (C=O) groups excluding carboxylic acids is 3. The number of rotatable bonds is 8. The first kappa shape index (κ1) is 24.2. The van der Waals surface area contributed by atoms with E-state index >= 15 is 0 Å². The van der Waals surface area contributed by atoms with Gasteiger partial charge in [-0.15, -0.1) is 0 Å². The molecule has 2 aliphatic rings. The van der Waals surface area contributed by atoms with E-state index in [1.807, 2.05) is 34.1 Å². The number of hydrogen-bond acceptors (Lipinski definition) is 4. The molecule has 0 aromatic heterocycles. The lowest BCUT2D eigenvalue weighted by Crippen LogP contribution is -2.47. The maximum absolute atomic E-state index is 13.3. The van der Waals surface area contributed by atoms with Gasteiger partial charge in [0.2, 0.25) is 11.8 Å². The number of hydrogen-bond donors (Lipinski definition) is 1. The summed E-state index contributed by atoms with van der Waals surface area (Å²) in [5.41, 5.74) is 1.85. The Morgan fingerprint density at radius 1 is 1.03 bits per heavy atom. The van der Waals surface area contributed by atoms with Crippen LogP contribution < -0.4 is 5.32 Å². The molecule has 0 bridgehead atoms. The Bertz CT molecular complexity index is 794. The highest BCUT2D eigenvalue weighted by Crippen LogP contribution is 2.22. The van der Waals surface area contributed by atoms with Crippen LogP contribution in [0.5, 0.6) is 0 Å². The number of nitrogens with one attached hydrogen (secondary N) is 1. The standard InChI is InChI=1S/C25H38N4O3/c1-25(2,3)21-9-7-20(8-10-21)24(32)29(16-5-15-27-14-4-6-22(27)30)17-11-23(31)28-18-12-26-13-19-28/h7-10,26H,4-6,11-19H2,1-3H3. The maximum atomic E-state index is 13.3. The molecule has 0 radical (unpaired) electrons. The zero-order valence-corrected chi connectivity index (χ0v) is 19.9. The lowest BCUT2D eigenvalue weighted by molar-refractivity contribution is -0.132. The average molecular weight is 443 g/mol. The Hall–Kier alpha value is -2.41. The van der Waals surface area contributed by atoms with E-state index in [2.05, 4.69) is 26.1 Å². The average Bonchev–Trinajstić information content (AvgIpc) is 3.20. The van der Waals surface area contributed by atoms with Crippen molar-refractivity contribution < 1.29 is 14.4 Å². The van der Waals surface area contributed by atoms with E-state index in [9.17, 15) is 14.4 Å². The maximum Gasteiger partial charge on any atom is 0.253 e. The number of benzene rings is 1. The zero-order valence-electron chi connectivity index (χ0n) is 19.9. The van der Waals surface area contributed by atoms with Crippen molar-refractivity contribution >= 4 is 17.7 Å². The van der Waals surface area contributed by atoms with E-state index in [4.69, 9.17) is 0 Å². The molecule has 176 valence electrons. The summed E-state index contributed by atoms with van der Waals surface area (Å²) in [4.78, 5) is 43.4. The molecule has 0 aliphatic carbocycles. The second kappa shape index (κ2) is 10.9. The molecule has 7 heteroatoms. The van der Waals surface area contributed by atoms with Gasteiger partial charge in [-0.25, -0.2) is 0 Å². The van der Waals surface area contributed by atoms with Gasteiger partial charge >= 0.3 is 0 Å². The molecule has 2 fully saturated rings. The highest BCUT2D eigenvalue weighted by molar-refractivity contribution is 5.94. The molecule has 3 amide bonds. The quantitative estimate of drug-likeness (QED) is 0.670. The molecular weight excluding hydrogens is 404 g/mol. The van der Waals surface area contributed by atoms with Gasteiger partial charge < -0.3 is 20.0 Å². The Labute approximate surface area is 192 Å². The minimum atomic E-state index is -0.0497. The number of piperazine rings is 1. The molecule has 1 aromatic carbocycles. The molecule has 0 saturated carbocycles. The van der Waals surface area contributed by atoms with Gasteiger partial charge in [0.25, 0.3) is 5.91 Å². The van der Waals surface area contributed by atoms with Crippen LogP contribution in [0.15, 0.2) is 24.3 Å². The highest BCUT2D eigenvalue weighted by atomic mass is 16.2. The minimum Gasteiger partial charge on any atom is -0.343 e. The Morgan fingerprint density at radius 3 is 2.31 bits per heavy atom. The number of likely N-dealkylation sites (tertiary alicyclic amines) is 1. The van der Waals surface area contributed by atoms with E-state index in [1.165, 1.54) is 5.56 Å². The molecule has 2 aliphatic heterocycles. The predicted octanol–water partition coefficient (Wildman–Crippen LogP) is 2.26. The van der Waals surface area contributed by atoms with Crippen molar-refractivity contribution in [1.82, 2.24) is 20.0 Å². The summed E-state index contributed by atoms with van der Waals surface area (Å²) in [5.74, 6) is 0.253. The fraction of sp³-hybridized carbons (Fsp3) is 0.640. The molecule has 0 unspecified atom stereocenters. The van der Waals surface area contributed by atoms with Gasteiger partial charge in [-0.2, -0.15) is 0 Å². The summed E-state index contributed by atoms with van der Waals surface area (Å²) < 4.78 is 0. The first-order chi connectivity index (χ1) is 15.3. The summed E-state index contributed by atoms with van der Waals surface area (Å²) in [6.07, 6.45) is 2.59. The fourth-order valence-electron chi connectivity index (χ4n) is 4.31. The van der Waals surface area contributed by atoms with Crippen LogP contribution in [0.4, 0.5) is 0 Å². The van der Waals surface area contributed by atoms with Gasteiger partial charge in [-0.1, -0.05) is 32.9 Å². The first-order valence-electron chi connectivity index (χ1n) is 11.9. The van der Waals surface area contributed by atoms with Crippen molar-refractivity contribution in [1.29, 1.82) is 0 Å². The van der Waals surface area contributed by atoms with Crippen molar-refractivity contribution in [3.05, 3.63) is 35.4 Å². The van der Waals surface area contributed by atoms with Crippen LogP contribution in [0.3, 0.4) is 0 Å². The third-order valence-corrected chi connectivity index (χ3v) is 6.38. The Balaban J connectivity index is 1.63. The molecule has 2 heterocycles. The third-order valence-electron chi connectivity index (χ3n) is 6.38. The molecule has 32 heavy (non-hydrogen) atoms. The Morgan fingerprint density at radius 2 is 1.72 bits per heavy atom. The van der Waals surface area contributed by atoms with Crippen LogP contribution in [0, 0.1) is 0 Å². The SMILES string of the molecule is CC(C)(C)c1ccc(C(=O)N(CCCN2CCCC2=O)CCC(=O)N2CCNCC2)cc1. The predicted molar refractivity (Wildman–Crippen MR) is 126 cm³/mol. The van der Waals surface area contributed by atoms with Crippen LogP contribution in [0.2, 0.25) is 0 Å². The zero-order chi connectivity index (χ0) is 23.1. The first-order valence-corrected chi connectivity index (χ1v) is 11.9. The summed E-state index contributed by atoms with van der Waals surface area (Å²) in [6, 6.07) is 7.80. The monoisotopic (exact) mass is 442 g/mol. The minimum absolute atomic E-state index is 0.0270. The smallest absolute Gasteiger partial charge is 0.253 e. The van der Waals surface area contributed by atoms with Gasteiger partial charge in [-0.3, -0.25) is 14.4 Å². The van der Waals surface area contributed by atoms with Crippen LogP contribution in [0.25, 0.3) is 0 Å². The topological polar surface area (TPSA) is 73.0 Å². The largest absolute Gasteiger partial charge is 0.343 e. The second-order valence-corrected chi connectivity index (χ2v) is 9.84. The normalized spacial score (nSPS) is 17.0. The molecule has 0 atom stereocenters. The van der Waals surface area contributed by atoms with Gasteiger partial charge in [-0.05, 0) is 36.0 Å². The molecule has 0 spiro atoms. The molecule has 2 saturated heterocycles. The van der Waals surface area contributed by atoms with E-state index in [0.717, 1.165) is 45.6 Å². The van der Waals surface area contributed by atoms with E-state index < -0.39 is 0 Å². The van der Waals surface area contributed by atoms with Gasteiger partial charge in [0.05, 0.1) is 0 Å². The molecule has 3 rings (SSSR count). The second-order valence-electron chi connectivity index (χ2n) is 9.84. The van der Waals surface area contributed by atoms with E-state index in [1.54, 1.807) is 4.90 Å². The van der Waals surface area contributed by atoms with Crippen LogP contribution in [0.1, 0.15) is 62.4 Å². The molecule has 7 nitrogen and oxygen atoms in total. The number of carbonyl (C=O) groups is 3. The van der Waals surface area contributed by atoms with Crippen molar-refractivity contribution in [3.8, 4) is 0 Å². The van der Waals surface area contributed by atoms with Crippen molar-refractivity contribution in [2.45, 2.75) is 51.9 Å². The van der Waals surface area contributed by atoms with Crippen LogP contribution in [-0.4, -0.2) is 84.8 Å². The fourth-order valence-corrected chi connectivity index (χ4v) is 4.31. The van der Waals surface area contributed by atoms with Crippen LogP contribution in [-0.2, 0) is 15.0 Å². The molecule has 1 N–H and O–H groups in total. The summed E-state index contributed by atoms with van der Waals surface area (Å²) >= 11 is 0. The summed E-state index contributed by atoms with van der Waals surface area (Å²) in [7, 11) is 0. The molecular formula is C25H38N4O3. The van der Waals surface area contributed by atoms with Gasteiger partial charge in [0.15, 0.2) is 0 Å². The van der Waals surface area contributed by atoms with E-state index in [0.29, 0.717) is 38.0 Å². The Kier molecular flexibility index (Phi) is 8.29. The summed E-state index contributed by atoms with van der Waals surface area (Å²) in [5, 5.41) is 3.26. The lowest BCUT2D eigenvalue weighted by Gasteiger charge is -2.29. The van der Waals surface area contributed by atoms with Gasteiger partial charge in [0.1, 0.15) is 0 Å². The number of nitrogens with zero attached hydrogens (tertiary/aromatic N) is 3. The molecule has 1 aromatic rings. The van der Waals surface area contributed by atoms with Crippen LogP contribution >= 0.6 is 0 Å². The highest BCUT2D eigenvalue weighted by Gasteiger charge is 2.23. The van der Waals surface area contributed by atoms with Crippen molar-refractivity contribution in [3.63, 3.8) is 0 Å². The number of amides is 3. The summed E-state index contributed by atoms with van der Waals surface area (Å²) in [6.45, 7) is 11.9. The van der Waals surface area contributed by atoms with Crippen molar-refractivity contribution in [2.75, 3.05) is 52.4 Å². The van der Waals surface area contributed by atoms with E-state index in [-0.39, 0.29) is 23.1 Å². The van der Waals surface area contributed by atoms with Gasteiger partial charge in [0, 0.05) is 70.8 Å². The lowest BCUT2D eigenvalue weighted by atomic mass is 9.86.